The van der Waals surface area contributed by atoms with Crippen LogP contribution in [0, 0.1) is 0 Å². The summed E-state index contributed by atoms with van der Waals surface area (Å²) in [6.07, 6.45) is 3.66. The smallest absolute Gasteiger partial charge is 0.320 e. The van der Waals surface area contributed by atoms with Gasteiger partial charge >= 0.3 is 5.97 Å². The molecule has 8 heteroatoms. The number of hydrogen-bond donors (Lipinski definition) is 2. The molecule has 0 unspecified atom stereocenters. The molecule has 1 saturated heterocycles. The highest BCUT2D eigenvalue weighted by Gasteiger charge is 2.17. The van der Waals surface area contributed by atoms with Gasteiger partial charge in [0.05, 0.1) is 11.9 Å². The van der Waals surface area contributed by atoms with E-state index in [0.29, 0.717) is 0 Å². The molecule has 1 aliphatic heterocycles. The van der Waals surface area contributed by atoms with Crippen molar-refractivity contribution in [1.82, 2.24) is 4.98 Å². The zero-order valence-electron chi connectivity index (χ0n) is 10.2. The number of aliphatic carboxylic acids is 1. The van der Waals surface area contributed by atoms with Crippen LogP contribution in [0.5, 0.6) is 0 Å². The van der Waals surface area contributed by atoms with Crippen LogP contribution in [0.1, 0.15) is 12.8 Å². The average Bonchev–Trinajstić information content (AvgIpc) is 2.81. The van der Waals surface area contributed by atoms with Crippen LogP contribution in [0.2, 0.25) is 0 Å². The van der Waals surface area contributed by atoms with E-state index >= 15 is 0 Å². The molecule has 2 rings (SSSR count). The standard InChI is InChI=1S/C11H15N3O4S/c15-11(16)8-19(17,18)13-9-3-4-10(12-7-9)14-5-1-2-6-14/h3-4,7,13H,1-2,5-6,8H2,(H,15,16). The quantitative estimate of drug-likeness (QED) is 0.817. The lowest BCUT2D eigenvalue weighted by atomic mass is 10.4. The number of sulfonamides is 1. The molecule has 0 atom stereocenters. The second-order valence-electron chi connectivity index (χ2n) is 4.35. The molecule has 0 saturated carbocycles. The summed E-state index contributed by atoms with van der Waals surface area (Å²) >= 11 is 0. The molecular formula is C11H15N3O4S. The summed E-state index contributed by atoms with van der Waals surface area (Å²) in [6, 6.07) is 3.31. The zero-order chi connectivity index (χ0) is 13.9. The van der Waals surface area contributed by atoms with E-state index in [-0.39, 0.29) is 5.69 Å². The van der Waals surface area contributed by atoms with Gasteiger partial charge in [0.25, 0.3) is 0 Å². The van der Waals surface area contributed by atoms with Crippen molar-refractivity contribution in [3.05, 3.63) is 18.3 Å². The monoisotopic (exact) mass is 285 g/mol. The molecule has 2 N–H and O–H groups in total. The van der Waals surface area contributed by atoms with E-state index in [0.717, 1.165) is 31.7 Å². The molecule has 0 radical (unpaired) electrons. The number of anilines is 2. The Morgan fingerprint density at radius 1 is 1.37 bits per heavy atom. The Balaban J connectivity index is 2.04. The van der Waals surface area contributed by atoms with Crippen molar-refractivity contribution in [3.63, 3.8) is 0 Å². The van der Waals surface area contributed by atoms with Crippen molar-refractivity contribution in [3.8, 4) is 0 Å². The van der Waals surface area contributed by atoms with Gasteiger partial charge in [-0.25, -0.2) is 13.4 Å². The van der Waals surface area contributed by atoms with E-state index in [9.17, 15) is 13.2 Å². The fourth-order valence-electron chi connectivity index (χ4n) is 1.96. The molecular weight excluding hydrogens is 270 g/mol. The number of carboxylic acid groups (broad SMARTS) is 1. The predicted octanol–water partition coefficient (Wildman–Crippen LogP) is 0.508. The maximum atomic E-state index is 11.4. The minimum atomic E-state index is -3.87. The summed E-state index contributed by atoms with van der Waals surface area (Å²) in [4.78, 5) is 16.7. The molecule has 0 aliphatic carbocycles. The van der Waals surface area contributed by atoms with Gasteiger partial charge in [-0.1, -0.05) is 0 Å². The third-order valence-corrected chi connectivity index (χ3v) is 3.94. The van der Waals surface area contributed by atoms with Crippen LogP contribution in [0.25, 0.3) is 0 Å². The lowest BCUT2D eigenvalue weighted by Gasteiger charge is -2.16. The van der Waals surface area contributed by atoms with Crippen LogP contribution >= 0.6 is 0 Å². The van der Waals surface area contributed by atoms with Crippen molar-refractivity contribution >= 4 is 27.5 Å². The molecule has 0 spiro atoms. The SMILES string of the molecule is O=C(O)CS(=O)(=O)Nc1ccc(N2CCCC2)nc1. The van der Waals surface area contributed by atoms with Crippen molar-refractivity contribution in [2.24, 2.45) is 0 Å². The van der Waals surface area contributed by atoms with Gasteiger partial charge in [-0.15, -0.1) is 0 Å². The fourth-order valence-corrected chi connectivity index (χ4v) is 2.84. The highest BCUT2D eigenvalue weighted by molar-refractivity contribution is 7.93. The largest absolute Gasteiger partial charge is 0.480 e. The summed E-state index contributed by atoms with van der Waals surface area (Å²) < 4.78 is 25.0. The fraction of sp³-hybridized carbons (Fsp3) is 0.455. The van der Waals surface area contributed by atoms with E-state index in [1.54, 1.807) is 12.1 Å². The number of aromatic nitrogens is 1. The topological polar surface area (TPSA) is 99.6 Å². The highest BCUT2D eigenvalue weighted by atomic mass is 32.2. The molecule has 1 aromatic heterocycles. The summed E-state index contributed by atoms with van der Waals surface area (Å²) in [6.45, 7) is 1.91. The van der Waals surface area contributed by atoms with Gasteiger partial charge in [-0.2, -0.15) is 0 Å². The van der Waals surface area contributed by atoms with Gasteiger partial charge in [0.2, 0.25) is 10.0 Å². The Bertz CT molecular complexity index is 550. The maximum absolute atomic E-state index is 11.4. The second kappa shape index (κ2) is 5.43. The summed E-state index contributed by atoms with van der Waals surface area (Å²) in [7, 11) is -3.87. The normalized spacial score (nSPS) is 15.5. The third-order valence-electron chi connectivity index (χ3n) is 2.76. The lowest BCUT2D eigenvalue weighted by Crippen LogP contribution is -2.23. The highest BCUT2D eigenvalue weighted by Crippen LogP contribution is 2.19. The molecule has 1 fully saturated rings. The van der Waals surface area contributed by atoms with Crippen LogP contribution in [-0.2, 0) is 14.8 Å². The maximum Gasteiger partial charge on any atom is 0.320 e. The predicted molar refractivity (Wildman–Crippen MR) is 70.7 cm³/mol. The molecule has 0 bridgehead atoms. The average molecular weight is 285 g/mol. The number of nitrogens with zero attached hydrogens (tertiary/aromatic N) is 2. The summed E-state index contributed by atoms with van der Waals surface area (Å²) in [5.41, 5.74) is 0.268. The minimum absolute atomic E-state index is 0.268. The molecule has 19 heavy (non-hydrogen) atoms. The number of pyridine rings is 1. The summed E-state index contributed by atoms with van der Waals surface area (Å²) in [5.74, 6) is -1.55. The second-order valence-corrected chi connectivity index (χ2v) is 6.08. The third kappa shape index (κ3) is 3.82. The van der Waals surface area contributed by atoms with E-state index < -0.39 is 21.7 Å². The van der Waals surface area contributed by atoms with E-state index in [4.69, 9.17) is 5.11 Å². The van der Waals surface area contributed by atoms with Crippen LogP contribution < -0.4 is 9.62 Å². The van der Waals surface area contributed by atoms with Gasteiger partial charge in [0.1, 0.15) is 5.82 Å². The molecule has 2 heterocycles. The molecule has 7 nitrogen and oxygen atoms in total. The van der Waals surface area contributed by atoms with Gasteiger partial charge in [-0.3, -0.25) is 9.52 Å². The number of hydrogen-bond acceptors (Lipinski definition) is 5. The van der Waals surface area contributed by atoms with Crippen LogP contribution in [0.3, 0.4) is 0 Å². The first kappa shape index (κ1) is 13.6. The Morgan fingerprint density at radius 2 is 2.05 bits per heavy atom. The summed E-state index contributed by atoms with van der Waals surface area (Å²) in [5, 5.41) is 8.47. The minimum Gasteiger partial charge on any atom is -0.480 e. The van der Waals surface area contributed by atoms with Crippen molar-refractivity contribution < 1.29 is 18.3 Å². The number of rotatable bonds is 5. The van der Waals surface area contributed by atoms with Gasteiger partial charge < -0.3 is 10.0 Å². The number of nitrogens with one attached hydrogen (secondary N) is 1. The Labute approximate surface area is 111 Å². The van der Waals surface area contributed by atoms with Crippen LogP contribution in [-0.4, -0.2) is 43.3 Å². The van der Waals surface area contributed by atoms with Crippen LogP contribution in [0.4, 0.5) is 11.5 Å². The van der Waals surface area contributed by atoms with E-state index in [1.807, 2.05) is 0 Å². The first-order valence-corrected chi connectivity index (χ1v) is 7.55. The molecule has 1 aliphatic rings. The first-order valence-electron chi connectivity index (χ1n) is 5.89. The number of carboxylic acids is 1. The van der Waals surface area contributed by atoms with E-state index in [1.165, 1.54) is 6.20 Å². The van der Waals surface area contributed by atoms with Gasteiger partial charge in [-0.05, 0) is 25.0 Å². The van der Waals surface area contributed by atoms with Crippen molar-refractivity contribution in [2.75, 3.05) is 28.5 Å². The molecule has 1 aromatic rings. The lowest BCUT2D eigenvalue weighted by molar-refractivity contribution is -0.134. The Hall–Kier alpha value is -1.83. The molecule has 104 valence electrons. The van der Waals surface area contributed by atoms with Gasteiger partial charge in [0, 0.05) is 13.1 Å². The van der Waals surface area contributed by atoms with Crippen molar-refractivity contribution in [1.29, 1.82) is 0 Å². The van der Waals surface area contributed by atoms with E-state index in [2.05, 4.69) is 14.6 Å². The Kier molecular flexibility index (Phi) is 3.89. The van der Waals surface area contributed by atoms with Gasteiger partial charge in [0.15, 0.2) is 5.75 Å². The Morgan fingerprint density at radius 3 is 2.58 bits per heavy atom. The molecule has 0 amide bonds. The zero-order valence-corrected chi connectivity index (χ0v) is 11.1. The van der Waals surface area contributed by atoms with Crippen molar-refractivity contribution in [2.45, 2.75) is 12.8 Å². The van der Waals surface area contributed by atoms with Crippen LogP contribution in [0.15, 0.2) is 18.3 Å². The number of carbonyl (C=O) groups is 1. The first-order chi connectivity index (χ1) is 8.96. The molecule has 0 aromatic carbocycles.